The van der Waals surface area contributed by atoms with Crippen LogP contribution in [0.4, 0.5) is 0 Å². The first-order valence-electron chi connectivity index (χ1n) is 6.57. The average molecular weight is 235 g/mol. The highest BCUT2D eigenvalue weighted by Crippen LogP contribution is 2.13. The van der Waals surface area contributed by atoms with Crippen molar-refractivity contribution in [2.45, 2.75) is 39.7 Å². The van der Waals surface area contributed by atoms with E-state index in [0.717, 1.165) is 18.2 Å². The highest BCUT2D eigenvalue weighted by Gasteiger charge is 2.11. The molecule has 1 aromatic rings. The van der Waals surface area contributed by atoms with Crippen LogP contribution in [-0.4, -0.2) is 18.1 Å². The zero-order valence-electron chi connectivity index (χ0n) is 11.2. The van der Waals surface area contributed by atoms with E-state index in [9.17, 15) is 0 Å². The Kier molecular flexibility index (Phi) is 6.16. The second-order valence-electron chi connectivity index (χ2n) is 4.61. The molecule has 1 unspecified atom stereocenters. The molecular formula is C14H25N3. The maximum atomic E-state index is 5.82. The van der Waals surface area contributed by atoms with Gasteiger partial charge in [-0.15, -0.1) is 0 Å². The Balaban J connectivity index is 2.56. The molecule has 1 rings (SSSR count). The minimum atomic E-state index is 0.226. The Hall–Kier alpha value is -0.930. The first-order chi connectivity index (χ1) is 8.21. The van der Waals surface area contributed by atoms with Gasteiger partial charge in [-0.3, -0.25) is 4.98 Å². The lowest BCUT2D eigenvalue weighted by Crippen LogP contribution is -2.32. The molecule has 3 N–H and O–H groups in total. The molecule has 0 aliphatic heterocycles. The number of nitrogens with two attached hydrogens (primary N) is 1. The van der Waals surface area contributed by atoms with Crippen molar-refractivity contribution in [1.82, 2.24) is 10.3 Å². The lowest BCUT2D eigenvalue weighted by molar-refractivity contribution is 0.413. The smallest absolute Gasteiger partial charge is 0.0459 e. The minimum Gasteiger partial charge on any atom is -0.329 e. The van der Waals surface area contributed by atoms with E-state index in [0.29, 0.717) is 6.54 Å². The second kappa shape index (κ2) is 7.41. The third-order valence-corrected chi connectivity index (χ3v) is 3.38. The standard InChI is InChI=1S/C14H25N3/c1-4-12(5-2)9-17-14(8-15)13-7-6-11(3)16-10-13/h6-7,10,12,14,17H,4-5,8-9,15H2,1-3H3. The van der Waals surface area contributed by atoms with Crippen LogP contribution in [0.1, 0.15) is 44.0 Å². The summed E-state index contributed by atoms with van der Waals surface area (Å²) >= 11 is 0. The van der Waals surface area contributed by atoms with Crippen LogP contribution in [0, 0.1) is 12.8 Å². The molecule has 0 fully saturated rings. The summed E-state index contributed by atoms with van der Waals surface area (Å²) in [6.07, 6.45) is 4.35. The van der Waals surface area contributed by atoms with Gasteiger partial charge in [0, 0.05) is 24.5 Å². The highest BCUT2D eigenvalue weighted by atomic mass is 14.9. The van der Waals surface area contributed by atoms with E-state index in [2.05, 4.69) is 30.2 Å². The van der Waals surface area contributed by atoms with Gasteiger partial charge in [-0.2, -0.15) is 0 Å². The Morgan fingerprint density at radius 1 is 1.29 bits per heavy atom. The molecule has 1 atom stereocenters. The van der Waals surface area contributed by atoms with Gasteiger partial charge in [-0.25, -0.2) is 0 Å². The lowest BCUT2D eigenvalue weighted by atomic mass is 10.0. The molecule has 1 heterocycles. The lowest BCUT2D eigenvalue weighted by Gasteiger charge is -2.20. The van der Waals surface area contributed by atoms with Crippen molar-refractivity contribution in [2.75, 3.05) is 13.1 Å². The molecule has 3 nitrogen and oxygen atoms in total. The van der Waals surface area contributed by atoms with Crippen molar-refractivity contribution in [2.24, 2.45) is 11.7 Å². The summed E-state index contributed by atoms with van der Waals surface area (Å²) in [7, 11) is 0. The number of aromatic nitrogens is 1. The Bertz CT molecular complexity index is 304. The fourth-order valence-electron chi connectivity index (χ4n) is 1.91. The summed E-state index contributed by atoms with van der Waals surface area (Å²) in [6, 6.07) is 4.38. The van der Waals surface area contributed by atoms with Gasteiger partial charge < -0.3 is 11.1 Å². The first-order valence-corrected chi connectivity index (χ1v) is 6.57. The number of nitrogens with zero attached hydrogens (tertiary/aromatic N) is 1. The van der Waals surface area contributed by atoms with Crippen molar-refractivity contribution in [3.8, 4) is 0 Å². The van der Waals surface area contributed by atoms with Crippen LogP contribution in [0.3, 0.4) is 0 Å². The maximum absolute atomic E-state index is 5.82. The Morgan fingerprint density at radius 3 is 2.47 bits per heavy atom. The van der Waals surface area contributed by atoms with Crippen molar-refractivity contribution >= 4 is 0 Å². The molecule has 0 saturated carbocycles. The first kappa shape index (κ1) is 14.1. The van der Waals surface area contributed by atoms with Gasteiger partial charge in [0.15, 0.2) is 0 Å². The third kappa shape index (κ3) is 4.44. The molecule has 0 aromatic carbocycles. The van der Waals surface area contributed by atoms with Crippen LogP contribution in [0.5, 0.6) is 0 Å². The van der Waals surface area contributed by atoms with Gasteiger partial charge in [0.05, 0.1) is 0 Å². The van der Waals surface area contributed by atoms with Crippen molar-refractivity contribution in [3.63, 3.8) is 0 Å². The van der Waals surface area contributed by atoms with Gasteiger partial charge in [-0.05, 0) is 31.0 Å². The van der Waals surface area contributed by atoms with Crippen LogP contribution in [0.15, 0.2) is 18.3 Å². The van der Waals surface area contributed by atoms with E-state index in [1.165, 1.54) is 18.4 Å². The largest absolute Gasteiger partial charge is 0.329 e. The van der Waals surface area contributed by atoms with Crippen molar-refractivity contribution < 1.29 is 0 Å². The topological polar surface area (TPSA) is 50.9 Å². The number of aryl methyl sites for hydroxylation is 1. The van der Waals surface area contributed by atoms with Gasteiger partial charge in [0.1, 0.15) is 0 Å². The Labute approximate surface area is 105 Å². The summed E-state index contributed by atoms with van der Waals surface area (Å²) in [5.41, 5.74) is 8.05. The Morgan fingerprint density at radius 2 is 2.00 bits per heavy atom. The predicted molar refractivity (Wildman–Crippen MR) is 72.8 cm³/mol. The molecule has 0 aliphatic rings. The number of hydrogen-bond donors (Lipinski definition) is 2. The van der Waals surface area contributed by atoms with E-state index in [-0.39, 0.29) is 6.04 Å². The molecule has 0 spiro atoms. The number of pyridine rings is 1. The molecule has 1 aromatic heterocycles. The second-order valence-corrected chi connectivity index (χ2v) is 4.61. The van der Waals surface area contributed by atoms with Gasteiger partial charge >= 0.3 is 0 Å². The van der Waals surface area contributed by atoms with Crippen LogP contribution in [0.25, 0.3) is 0 Å². The van der Waals surface area contributed by atoms with E-state index in [1.807, 2.05) is 19.2 Å². The molecular weight excluding hydrogens is 210 g/mol. The van der Waals surface area contributed by atoms with Crippen LogP contribution in [-0.2, 0) is 0 Å². The fourth-order valence-corrected chi connectivity index (χ4v) is 1.91. The van der Waals surface area contributed by atoms with E-state index >= 15 is 0 Å². The summed E-state index contributed by atoms with van der Waals surface area (Å²) in [6.45, 7) is 8.12. The van der Waals surface area contributed by atoms with Gasteiger partial charge in [0.2, 0.25) is 0 Å². The van der Waals surface area contributed by atoms with Crippen LogP contribution >= 0.6 is 0 Å². The molecule has 0 bridgehead atoms. The third-order valence-electron chi connectivity index (χ3n) is 3.38. The summed E-state index contributed by atoms with van der Waals surface area (Å²) in [4.78, 5) is 4.32. The summed E-state index contributed by atoms with van der Waals surface area (Å²) < 4.78 is 0. The van der Waals surface area contributed by atoms with E-state index in [4.69, 9.17) is 5.73 Å². The molecule has 96 valence electrons. The summed E-state index contributed by atoms with van der Waals surface area (Å²) in [5.74, 6) is 0.738. The van der Waals surface area contributed by atoms with E-state index in [1.54, 1.807) is 0 Å². The molecule has 0 aliphatic carbocycles. The maximum Gasteiger partial charge on any atom is 0.0459 e. The number of hydrogen-bond acceptors (Lipinski definition) is 3. The molecule has 17 heavy (non-hydrogen) atoms. The summed E-state index contributed by atoms with van der Waals surface area (Å²) in [5, 5.41) is 3.54. The van der Waals surface area contributed by atoms with Crippen LogP contribution in [0.2, 0.25) is 0 Å². The minimum absolute atomic E-state index is 0.226. The monoisotopic (exact) mass is 235 g/mol. The van der Waals surface area contributed by atoms with Gasteiger partial charge in [-0.1, -0.05) is 32.8 Å². The van der Waals surface area contributed by atoms with Crippen molar-refractivity contribution in [3.05, 3.63) is 29.6 Å². The molecule has 3 heteroatoms. The average Bonchev–Trinajstić information content (AvgIpc) is 2.36. The fraction of sp³-hybridized carbons (Fsp3) is 0.643. The quantitative estimate of drug-likeness (QED) is 0.763. The zero-order valence-corrected chi connectivity index (χ0v) is 11.2. The van der Waals surface area contributed by atoms with Crippen LogP contribution < -0.4 is 11.1 Å². The number of rotatable bonds is 7. The molecule has 0 saturated heterocycles. The predicted octanol–water partition coefficient (Wildman–Crippen LogP) is 2.42. The van der Waals surface area contributed by atoms with Gasteiger partial charge in [0.25, 0.3) is 0 Å². The highest BCUT2D eigenvalue weighted by molar-refractivity contribution is 5.17. The molecule has 0 radical (unpaired) electrons. The normalized spacial score (nSPS) is 13.0. The number of nitrogens with one attached hydrogen (secondary N) is 1. The SMILES string of the molecule is CCC(CC)CNC(CN)c1ccc(C)nc1. The van der Waals surface area contributed by atoms with E-state index < -0.39 is 0 Å². The van der Waals surface area contributed by atoms with Crippen molar-refractivity contribution in [1.29, 1.82) is 0 Å². The molecule has 0 amide bonds. The zero-order chi connectivity index (χ0) is 12.7.